The zero-order valence-electron chi connectivity index (χ0n) is 22.8. The smallest absolute Gasteiger partial charge is 0.343 e. The molecule has 0 spiro atoms. The third-order valence-corrected chi connectivity index (χ3v) is 6.76. The van der Waals surface area contributed by atoms with Gasteiger partial charge in [0.25, 0.3) is 0 Å². The molecule has 7 heteroatoms. The van der Waals surface area contributed by atoms with E-state index in [-0.39, 0.29) is 5.91 Å². The number of amides is 1. The van der Waals surface area contributed by atoms with Crippen molar-refractivity contribution >= 4 is 17.8 Å². The Balaban J connectivity index is 1.39. The Morgan fingerprint density at radius 2 is 1.34 bits per heavy atom. The van der Waals surface area contributed by atoms with Gasteiger partial charge in [-0.2, -0.15) is 0 Å². The second-order valence-electron chi connectivity index (χ2n) is 9.73. The average Bonchev–Trinajstić information content (AvgIpc) is 3.43. The first-order valence-electron chi connectivity index (χ1n) is 14.1. The minimum Gasteiger partial charge on any atom is -0.494 e. The number of rotatable bonds is 15. The second-order valence-corrected chi connectivity index (χ2v) is 9.73. The topological polar surface area (TPSA) is 82.1 Å². The summed E-state index contributed by atoms with van der Waals surface area (Å²) in [6.45, 7) is 5.26. The first-order chi connectivity index (χ1) is 18.5. The van der Waals surface area contributed by atoms with Crippen LogP contribution < -0.4 is 14.2 Å². The number of hydrogen-bond donors (Lipinski definition) is 0. The summed E-state index contributed by atoms with van der Waals surface area (Å²) in [5.41, 5.74) is 0.418. The van der Waals surface area contributed by atoms with Crippen LogP contribution >= 0.6 is 0 Å². The Bertz CT molecular complexity index is 1020. The van der Waals surface area contributed by atoms with Crippen molar-refractivity contribution in [1.29, 1.82) is 0 Å². The molecular formula is C31H41NO6. The zero-order chi connectivity index (χ0) is 27.2. The number of esters is 2. The highest BCUT2D eigenvalue weighted by Crippen LogP contribution is 2.23. The van der Waals surface area contributed by atoms with Crippen LogP contribution in [0.1, 0.15) is 94.8 Å². The number of carbonyl (C=O) groups is 3. The van der Waals surface area contributed by atoms with E-state index in [4.69, 9.17) is 14.2 Å². The molecule has 7 nitrogen and oxygen atoms in total. The van der Waals surface area contributed by atoms with Crippen molar-refractivity contribution in [3.63, 3.8) is 0 Å². The Morgan fingerprint density at radius 3 is 1.97 bits per heavy atom. The van der Waals surface area contributed by atoms with Crippen LogP contribution in [0.15, 0.2) is 48.5 Å². The SMILES string of the molecule is CCCCCCCCCCOc1ccc(C(=O)Oc2ccc(OC(=O)[C@@H]3CCCN3C(=O)CC)cc2)cc1. The van der Waals surface area contributed by atoms with Gasteiger partial charge < -0.3 is 19.1 Å². The Labute approximate surface area is 226 Å². The van der Waals surface area contributed by atoms with Crippen LogP contribution in [0.4, 0.5) is 0 Å². The van der Waals surface area contributed by atoms with Gasteiger partial charge in [-0.05, 0) is 67.8 Å². The average molecular weight is 524 g/mol. The van der Waals surface area contributed by atoms with Gasteiger partial charge in [-0.1, -0.05) is 58.8 Å². The fraction of sp³-hybridized carbons (Fsp3) is 0.516. The van der Waals surface area contributed by atoms with Crippen molar-refractivity contribution in [1.82, 2.24) is 4.90 Å². The molecule has 0 aliphatic carbocycles. The molecule has 0 radical (unpaired) electrons. The lowest BCUT2D eigenvalue weighted by Crippen LogP contribution is -2.42. The van der Waals surface area contributed by atoms with E-state index in [1.807, 2.05) is 0 Å². The maximum Gasteiger partial charge on any atom is 0.343 e. The summed E-state index contributed by atoms with van der Waals surface area (Å²) in [5, 5.41) is 0. The molecule has 0 N–H and O–H groups in total. The number of likely N-dealkylation sites (tertiary alicyclic amines) is 1. The summed E-state index contributed by atoms with van der Waals surface area (Å²) in [6.07, 6.45) is 11.8. The predicted octanol–water partition coefficient (Wildman–Crippen LogP) is 6.73. The molecule has 0 unspecified atom stereocenters. The first kappa shape index (κ1) is 29.2. The molecule has 1 fully saturated rings. The number of unbranched alkanes of at least 4 members (excludes halogenated alkanes) is 7. The molecule has 0 aromatic heterocycles. The lowest BCUT2D eigenvalue weighted by atomic mass is 10.1. The fourth-order valence-electron chi connectivity index (χ4n) is 4.55. The van der Waals surface area contributed by atoms with Gasteiger partial charge in [0.15, 0.2) is 0 Å². The highest BCUT2D eigenvalue weighted by Gasteiger charge is 2.34. The number of carbonyl (C=O) groups excluding carboxylic acids is 3. The predicted molar refractivity (Wildman–Crippen MR) is 147 cm³/mol. The van der Waals surface area contributed by atoms with Gasteiger partial charge >= 0.3 is 11.9 Å². The summed E-state index contributed by atoms with van der Waals surface area (Å²) < 4.78 is 16.7. The third-order valence-electron chi connectivity index (χ3n) is 6.76. The first-order valence-corrected chi connectivity index (χ1v) is 14.1. The maximum atomic E-state index is 12.6. The molecule has 1 aliphatic rings. The molecule has 0 bridgehead atoms. The van der Waals surface area contributed by atoms with Crippen molar-refractivity contribution in [2.75, 3.05) is 13.2 Å². The molecule has 2 aromatic rings. The van der Waals surface area contributed by atoms with E-state index in [9.17, 15) is 14.4 Å². The molecular weight excluding hydrogens is 482 g/mol. The zero-order valence-corrected chi connectivity index (χ0v) is 22.8. The Kier molecular flexibility index (Phi) is 12.1. The van der Waals surface area contributed by atoms with Gasteiger partial charge in [0.2, 0.25) is 5.91 Å². The molecule has 1 heterocycles. The molecule has 1 aliphatic heterocycles. The van der Waals surface area contributed by atoms with E-state index in [1.165, 1.54) is 44.9 Å². The summed E-state index contributed by atoms with van der Waals surface area (Å²) in [5.74, 6) is 0.437. The normalized spacial score (nSPS) is 14.8. The van der Waals surface area contributed by atoms with Crippen LogP contribution in [0.5, 0.6) is 17.2 Å². The van der Waals surface area contributed by atoms with Gasteiger partial charge in [0, 0.05) is 13.0 Å². The molecule has 1 atom stereocenters. The van der Waals surface area contributed by atoms with E-state index >= 15 is 0 Å². The van der Waals surface area contributed by atoms with Crippen LogP contribution in [0.2, 0.25) is 0 Å². The molecule has 1 amide bonds. The van der Waals surface area contributed by atoms with Gasteiger partial charge in [-0.15, -0.1) is 0 Å². The number of benzene rings is 2. The summed E-state index contributed by atoms with van der Waals surface area (Å²) in [4.78, 5) is 38.7. The molecule has 2 aromatic carbocycles. The lowest BCUT2D eigenvalue weighted by molar-refractivity contribution is -0.146. The second kappa shape index (κ2) is 15.8. The van der Waals surface area contributed by atoms with Crippen LogP contribution in [-0.2, 0) is 9.59 Å². The van der Waals surface area contributed by atoms with E-state index in [0.717, 1.165) is 18.6 Å². The van der Waals surface area contributed by atoms with Crippen molar-refractivity contribution in [3.8, 4) is 17.2 Å². The minimum absolute atomic E-state index is 0.0465. The Morgan fingerprint density at radius 1 is 0.763 bits per heavy atom. The number of nitrogens with zero attached hydrogens (tertiary/aromatic N) is 1. The minimum atomic E-state index is -0.549. The molecule has 38 heavy (non-hydrogen) atoms. The monoisotopic (exact) mass is 523 g/mol. The standard InChI is InChI=1S/C31H41NO6/c1-3-5-6-7-8-9-10-11-23-36-25-16-14-24(15-17-25)30(34)37-26-18-20-27(21-19-26)38-31(35)28-13-12-22-32(28)29(33)4-2/h14-21,28H,3-13,22-23H2,1-2H3/t28-/m0/s1. The summed E-state index contributed by atoms with van der Waals surface area (Å²) in [6, 6.07) is 12.7. The highest BCUT2D eigenvalue weighted by molar-refractivity contribution is 5.91. The van der Waals surface area contributed by atoms with E-state index < -0.39 is 18.0 Å². The van der Waals surface area contributed by atoms with Crippen LogP contribution in [-0.4, -0.2) is 41.9 Å². The fourth-order valence-corrected chi connectivity index (χ4v) is 4.55. The lowest BCUT2D eigenvalue weighted by Gasteiger charge is -2.22. The Hall–Kier alpha value is -3.35. The van der Waals surface area contributed by atoms with Crippen LogP contribution in [0.3, 0.4) is 0 Å². The largest absolute Gasteiger partial charge is 0.494 e. The highest BCUT2D eigenvalue weighted by atomic mass is 16.5. The van der Waals surface area contributed by atoms with E-state index in [1.54, 1.807) is 60.4 Å². The van der Waals surface area contributed by atoms with Crippen molar-refractivity contribution < 1.29 is 28.6 Å². The van der Waals surface area contributed by atoms with E-state index in [2.05, 4.69) is 6.92 Å². The molecule has 0 saturated carbocycles. The van der Waals surface area contributed by atoms with Gasteiger partial charge in [-0.3, -0.25) is 4.79 Å². The van der Waals surface area contributed by atoms with Gasteiger partial charge in [0.05, 0.1) is 12.2 Å². The van der Waals surface area contributed by atoms with Gasteiger partial charge in [0.1, 0.15) is 23.3 Å². The summed E-state index contributed by atoms with van der Waals surface area (Å²) in [7, 11) is 0. The van der Waals surface area contributed by atoms with Crippen molar-refractivity contribution in [3.05, 3.63) is 54.1 Å². The number of ether oxygens (including phenoxy) is 3. The molecule has 206 valence electrons. The molecule has 1 saturated heterocycles. The third kappa shape index (κ3) is 9.19. The summed E-state index contributed by atoms with van der Waals surface area (Å²) >= 11 is 0. The number of hydrogen-bond acceptors (Lipinski definition) is 6. The van der Waals surface area contributed by atoms with Crippen LogP contribution in [0.25, 0.3) is 0 Å². The quantitative estimate of drug-likeness (QED) is 0.146. The van der Waals surface area contributed by atoms with Crippen molar-refractivity contribution in [2.24, 2.45) is 0 Å². The molecule has 3 rings (SSSR count). The van der Waals surface area contributed by atoms with E-state index in [0.29, 0.717) is 43.1 Å². The van der Waals surface area contributed by atoms with Crippen LogP contribution in [0, 0.1) is 0 Å². The van der Waals surface area contributed by atoms with Crippen molar-refractivity contribution in [2.45, 2.75) is 90.5 Å². The van der Waals surface area contributed by atoms with Gasteiger partial charge in [-0.25, -0.2) is 9.59 Å². The maximum absolute atomic E-state index is 12.6.